The molecule has 1 aromatic carbocycles. The number of hydrogen-bond acceptors (Lipinski definition) is 5. The molecule has 0 radical (unpaired) electrons. The summed E-state index contributed by atoms with van der Waals surface area (Å²) in [5.74, 6) is 1.48. The van der Waals surface area contributed by atoms with Crippen LogP contribution in [0, 0.1) is 0 Å². The Labute approximate surface area is 157 Å². The molecule has 3 heterocycles. The molecule has 0 unspecified atom stereocenters. The van der Waals surface area contributed by atoms with Crippen molar-refractivity contribution in [2.75, 3.05) is 31.6 Å². The lowest BCUT2D eigenvalue weighted by atomic mass is 10.0. The minimum absolute atomic E-state index is 0.0932. The number of pyridine rings is 1. The number of benzene rings is 1. The second kappa shape index (κ2) is 7.51. The van der Waals surface area contributed by atoms with E-state index in [2.05, 4.69) is 21.3 Å². The normalized spacial score (nSPS) is 19.3. The monoisotopic (exact) mass is 373 g/mol. The van der Waals surface area contributed by atoms with Gasteiger partial charge in [-0.25, -0.2) is 4.98 Å². The Hall–Kier alpha value is -2.31. The molecule has 1 aromatic heterocycles. The Morgan fingerprint density at radius 3 is 2.96 bits per heavy atom. The Morgan fingerprint density at radius 1 is 1.27 bits per heavy atom. The quantitative estimate of drug-likeness (QED) is 0.833. The fourth-order valence-electron chi connectivity index (χ4n) is 3.51. The standard InChI is InChI=1S/C19H20ClN3O3/c20-19-14(3-1-7-21-19)22-18(24)12-23-8-2-4-15(23)13-5-6-16-17(11-13)26-10-9-25-16/h1,3,5-7,11,15H,2,4,8-10,12H2,(H,22,24)/t15-/m1/s1. The van der Waals surface area contributed by atoms with Crippen LogP contribution in [0.15, 0.2) is 36.5 Å². The minimum atomic E-state index is -0.0932. The Morgan fingerprint density at radius 2 is 2.12 bits per heavy atom. The number of halogens is 1. The van der Waals surface area contributed by atoms with Gasteiger partial charge in [-0.05, 0) is 49.2 Å². The molecule has 6 nitrogen and oxygen atoms in total. The van der Waals surface area contributed by atoms with Crippen LogP contribution in [0.2, 0.25) is 5.15 Å². The van der Waals surface area contributed by atoms with E-state index in [0.29, 0.717) is 30.6 Å². The summed E-state index contributed by atoms with van der Waals surface area (Å²) in [5, 5.41) is 3.14. The maximum absolute atomic E-state index is 12.4. The van der Waals surface area contributed by atoms with Crippen molar-refractivity contribution in [2.24, 2.45) is 0 Å². The average molecular weight is 374 g/mol. The summed E-state index contributed by atoms with van der Waals surface area (Å²) >= 11 is 6.01. The van der Waals surface area contributed by atoms with Crippen molar-refractivity contribution in [1.82, 2.24) is 9.88 Å². The molecule has 0 spiro atoms. The summed E-state index contributed by atoms with van der Waals surface area (Å²) in [6.07, 6.45) is 3.66. The maximum Gasteiger partial charge on any atom is 0.238 e. The highest BCUT2D eigenvalue weighted by atomic mass is 35.5. The number of carbonyl (C=O) groups is 1. The first-order valence-electron chi connectivity index (χ1n) is 8.75. The zero-order chi connectivity index (χ0) is 17.9. The molecular weight excluding hydrogens is 354 g/mol. The van der Waals surface area contributed by atoms with Crippen LogP contribution >= 0.6 is 11.6 Å². The van der Waals surface area contributed by atoms with Gasteiger partial charge in [0, 0.05) is 12.2 Å². The number of fused-ring (bicyclic) bond motifs is 1. The molecular formula is C19H20ClN3O3. The summed E-state index contributed by atoms with van der Waals surface area (Å²) in [4.78, 5) is 18.6. The van der Waals surface area contributed by atoms with Gasteiger partial charge < -0.3 is 14.8 Å². The molecule has 0 aliphatic carbocycles. The van der Waals surface area contributed by atoms with Crippen LogP contribution in [0.4, 0.5) is 5.69 Å². The summed E-state index contributed by atoms with van der Waals surface area (Å²) < 4.78 is 11.3. The molecule has 7 heteroatoms. The zero-order valence-electron chi connectivity index (χ0n) is 14.3. The second-order valence-corrected chi connectivity index (χ2v) is 6.78. The van der Waals surface area contributed by atoms with Crippen molar-refractivity contribution in [3.05, 3.63) is 47.2 Å². The molecule has 136 valence electrons. The third-order valence-corrected chi connectivity index (χ3v) is 5.00. The molecule has 4 rings (SSSR count). The first-order chi connectivity index (χ1) is 12.7. The smallest absolute Gasteiger partial charge is 0.238 e. The highest BCUT2D eigenvalue weighted by molar-refractivity contribution is 6.32. The number of likely N-dealkylation sites (tertiary alicyclic amines) is 1. The Bertz CT molecular complexity index is 814. The topological polar surface area (TPSA) is 63.7 Å². The van der Waals surface area contributed by atoms with Crippen LogP contribution < -0.4 is 14.8 Å². The summed E-state index contributed by atoms with van der Waals surface area (Å²) in [7, 11) is 0. The lowest BCUT2D eigenvalue weighted by Gasteiger charge is -2.26. The fourth-order valence-corrected chi connectivity index (χ4v) is 3.68. The van der Waals surface area contributed by atoms with Crippen molar-refractivity contribution in [1.29, 1.82) is 0 Å². The van der Waals surface area contributed by atoms with Gasteiger partial charge in [-0.1, -0.05) is 17.7 Å². The molecule has 1 N–H and O–H groups in total. The predicted molar refractivity (Wildman–Crippen MR) is 98.9 cm³/mol. The van der Waals surface area contributed by atoms with E-state index < -0.39 is 0 Å². The molecule has 1 amide bonds. The SMILES string of the molecule is O=C(CN1CCC[C@@H]1c1ccc2c(c1)OCCO2)Nc1cccnc1Cl. The first-order valence-corrected chi connectivity index (χ1v) is 9.12. The van der Waals surface area contributed by atoms with E-state index in [1.807, 2.05) is 12.1 Å². The maximum atomic E-state index is 12.4. The van der Waals surface area contributed by atoms with Crippen molar-refractivity contribution in [2.45, 2.75) is 18.9 Å². The van der Waals surface area contributed by atoms with Crippen LogP contribution in [0.1, 0.15) is 24.4 Å². The summed E-state index contributed by atoms with van der Waals surface area (Å²) in [5.41, 5.74) is 1.69. The van der Waals surface area contributed by atoms with Crippen molar-refractivity contribution < 1.29 is 14.3 Å². The van der Waals surface area contributed by atoms with Crippen LogP contribution in [-0.2, 0) is 4.79 Å². The number of ether oxygens (including phenoxy) is 2. The third-order valence-electron chi connectivity index (χ3n) is 4.69. The molecule has 1 saturated heterocycles. The lowest BCUT2D eigenvalue weighted by Crippen LogP contribution is -2.33. The zero-order valence-corrected chi connectivity index (χ0v) is 15.0. The van der Waals surface area contributed by atoms with E-state index in [4.69, 9.17) is 21.1 Å². The van der Waals surface area contributed by atoms with Gasteiger partial charge in [0.2, 0.25) is 5.91 Å². The fraction of sp³-hybridized carbons (Fsp3) is 0.368. The van der Waals surface area contributed by atoms with E-state index in [-0.39, 0.29) is 11.9 Å². The van der Waals surface area contributed by atoms with Gasteiger partial charge in [0.15, 0.2) is 16.7 Å². The highest BCUT2D eigenvalue weighted by Crippen LogP contribution is 2.37. The number of nitrogens with zero attached hydrogens (tertiary/aromatic N) is 2. The average Bonchev–Trinajstić information content (AvgIpc) is 3.11. The number of hydrogen-bond donors (Lipinski definition) is 1. The molecule has 0 saturated carbocycles. The number of amides is 1. The molecule has 2 aromatic rings. The van der Waals surface area contributed by atoms with Crippen molar-refractivity contribution in [3.63, 3.8) is 0 Å². The third kappa shape index (κ3) is 3.61. The largest absolute Gasteiger partial charge is 0.486 e. The highest BCUT2D eigenvalue weighted by Gasteiger charge is 2.28. The Kier molecular flexibility index (Phi) is 4.95. The van der Waals surface area contributed by atoms with Crippen LogP contribution in [-0.4, -0.2) is 42.1 Å². The van der Waals surface area contributed by atoms with Gasteiger partial charge in [-0.3, -0.25) is 9.69 Å². The van der Waals surface area contributed by atoms with Gasteiger partial charge >= 0.3 is 0 Å². The molecule has 0 bridgehead atoms. The number of carbonyl (C=O) groups excluding carboxylic acids is 1. The van der Waals surface area contributed by atoms with Gasteiger partial charge in [0.1, 0.15) is 13.2 Å². The van der Waals surface area contributed by atoms with Gasteiger partial charge in [-0.2, -0.15) is 0 Å². The van der Waals surface area contributed by atoms with E-state index in [1.54, 1.807) is 18.3 Å². The van der Waals surface area contributed by atoms with Gasteiger partial charge in [0.05, 0.1) is 12.2 Å². The van der Waals surface area contributed by atoms with Gasteiger partial charge in [0.25, 0.3) is 0 Å². The number of aromatic nitrogens is 1. The molecule has 1 fully saturated rings. The van der Waals surface area contributed by atoms with E-state index in [1.165, 1.54) is 0 Å². The summed E-state index contributed by atoms with van der Waals surface area (Å²) in [6, 6.07) is 9.74. The Balaban J connectivity index is 1.45. The number of anilines is 1. The minimum Gasteiger partial charge on any atom is -0.486 e. The number of nitrogens with one attached hydrogen (secondary N) is 1. The van der Waals surface area contributed by atoms with E-state index in [0.717, 1.165) is 36.4 Å². The van der Waals surface area contributed by atoms with Crippen LogP contribution in [0.5, 0.6) is 11.5 Å². The molecule has 2 aliphatic rings. The van der Waals surface area contributed by atoms with Crippen molar-refractivity contribution in [3.8, 4) is 11.5 Å². The lowest BCUT2D eigenvalue weighted by molar-refractivity contribution is -0.117. The van der Waals surface area contributed by atoms with Gasteiger partial charge in [-0.15, -0.1) is 0 Å². The number of rotatable bonds is 4. The predicted octanol–water partition coefficient (Wildman–Crippen LogP) is 3.28. The van der Waals surface area contributed by atoms with Crippen LogP contribution in [0.25, 0.3) is 0 Å². The first kappa shape index (κ1) is 17.1. The molecule has 26 heavy (non-hydrogen) atoms. The molecule has 2 aliphatic heterocycles. The van der Waals surface area contributed by atoms with Crippen LogP contribution in [0.3, 0.4) is 0 Å². The van der Waals surface area contributed by atoms with Crippen molar-refractivity contribution >= 4 is 23.2 Å². The molecule has 1 atom stereocenters. The van der Waals surface area contributed by atoms with E-state index in [9.17, 15) is 4.79 Å². The second-order valence-electron chi connectivity index (χ2n) is 6.42. The van der Waals surface area contributed by atoms with E-state index >= 15 is 0 Å². The summed E-state index contributed by atoms with van der Waals surface area (Å²) in [6.45, 7) is 2.34.